The van der Waals surface area contributed by atoms with E-state index in [0.29, 0.717) is 29.8 Å². The third-order valence-corrected chi connectivity index (χ3v) is 5.63. The van der Waals surface area contributed by atoms with E-state index in [4.69, 9.17) is 4.74 Å². The van der Waals surface area contributed by atoms with Gasteiger partial charge in [-0.3, -0.25) is 9.59 Å². The quantitative estimate of drug-likeness (QED) is 0.419. The van der Waals surface area contributed by atoms with Gasteiger partial charge in [0, 0.05) is 17.7 Å². The Morgan fingerprint density at radius 3 is 2.52 bits per heavy atom. The Kier molecular flexibility index (Phi) is 6.81. The van der Waals surface area contributed by atoms with E-state index in [1.807, 2.05) is 69.2 Å². The van der Waals surface area contributed by atoms with Crippen LogP contribution in [0.4, 0.5) is 0 Å². The van der Waals surface area contributed by atoms with Gasteiger partial charge in [-0.1, -0.05) is 35.9 Å². The Labute approximate surface area is 183 Å². The number of aryl methyl sites for hydroxylation is 2. The number of Topliss-reactive ketones (excluding diaryl/α,β-unsaturated/α-hetero) is 1. The Bertz CT molecular complexity index is 1030. The number of aliphatic hydroxyl groups excluding tert-OH is 1. The van der Waals surface area contributed by atoms with Crippen LogP contribution in [0.1, 0.15) is 34.7 Å². The highest BCUT2D eigenvalue weighted by Crippen LogP contribution is 2.43. The van der Waals surface area contributed by atoms with Crippen molar-refractivity contribution in [2.75, 3.05) is 34.3 Å². The van der Waals surface area contributed by atoms with Gasteiger partial charge in [-0.15, -0.1) is 0 Å². The molecule has 1 atom stereocenters. The number of nitrogens with zero attached hydrogens (tertiary/aromatic N) is 2. The highest BCUT2D eigenvalue weighted by molar-refractivity contribution is 6.46. The molecule has 1 fully saturated rings. The normalized spacial score (nSPS) is 18.1. The minimum absolute atomic E-state index is 0.105. The second-order valence-corrected chi connectivity index (χ2v) is 8.21. The first-order valence-corrected chi connectivity index (χ1v) is 10.4. The van der Waals surface area contributed by atoms with Crippen molar-refractivity contribution in [3.8, 4) is 5.75 Å². The Morgan fingerprint density at radius 2 is 1.84 bits per heavy atom. The monoisotopic (exact) mass is 422 g/mol. The number of rotatable bonds is 7. The van der Waals surface area contributed by atoms with E-state index < -0.39 is 17.7 Å². The highest BCUT2D eigenvalue weighted by atomic mass is 16.5. The van der Waals surface area contributed by atoms with Gasteiger partial charge in [-0.25, -0.2) is 0 Å². The first-order valence-electron chi connectivity index (χ1n) is 10.4. The van der Waals surface area contributed by atoms with Gasteiger partial charge in [0.15, 0.2) is 0 Å². The first-order chi connectivity index (χ1) is 14.8. The molecule has 1 heterocycles. The lowest BCUT2D eigenvalue weighted by atomic mass is 9.93. The fraction of sp³-hybridized carbons (Fsp3) is 0.360. The fourth-order valence-electron chi connectivity index (χ4n) is 4.02. The number of para-hydroxylation sites is 1. The molecule has 6 heteroatoms. The highest BCUT2D eigenvalue weighted by Gasteiger charge is 2.46. The molecular weight excluding hydrogens is 392 g/mol. The van der Waals surface area contributed by atoms with E-state index in [2.05, 4.69) is 0 Å². The number of carbonyl (C=O) groups is 2. The summed E-state index contributed by atoms with van der Waals surface area (Å²) in [6.45, 7) is 4.97. The summed E-state index contributed by atoms with van der Waals surface area (Å²) in [5, 5.41) is 11.3. The van der Waals surface area contributed by atoms with E-state index >= 15 is 0 Å². The largest absolute Gasteiger partial charge is 0.507 e. The van der Waals surface area contributed by atoms with Crippen LogP contribution in [0.15, 0.2) is 48.0 Å². The van der Waals surface area contributed by atoms with Gasteiger partial charge in [0.2, 0.25) is 0 Å². The van der Waals surface area contributed by atoms with Crippen LogP contribution in [0, 0.1) is 13.8 Å². The predicted molar refractivity (Wildman–Crippen MR) is 121 cm³/mol. The molecule has 2 aromatic carbocycles. The number of aliphatic hydroxyl groups is 1. The topological polar surface area (TPSA) is 70.1 Å². The van der Waals surface area contributed by atoms with Gasteiger partial charge >= 0.3 is 0 Å². The molecule has 2 aromatic rings. The Hall–Kier alpha value is -3.12. The van der Waals surface area contributed by atoms with Crippen LogP contribution in [0.3, 0.4) is 0 Å². The molecule has 0 aliphatic carbocycles. The van der Waals surface area contributed by atoms with Crippen molar-refractivity contribution in [1.29, 1.82) is 0 Å². The molecule has 6 nitrogen and oxygen atoms in total. The third-order valence-electron chi connectivity index (χ3n) is 5.63. The van der Waals surface area contributed by atoms with Gasteiger partial charge < -0.3 is 19.6 Å². The second kappa shape index (κ2) is 9.35. The maximum absolute atomic E-state index is 13.1. The summed E-state index contributed by atoms with van der Waals surface area (Å²) in [5.74, 6) is -0.842. The minimum atomic E-state index is -0.710. The molecule has 0 saturated carbocycles. The molecule has 0 radical (unpaired) electrons. The van der Waals surface area contributed by atoms with Gasteiger partial charge in [0.1, 0.15) is 11.5 Å². The number of likely N-dealkylation sites (tertiary alicyclic amines) is 1. The number of methoxy groups -OCH3 is 1. The lowest BCUT2D eigenvalue weighted by molar-refractivity contribution is -0.140. The van der Waals surface area contributed by atoms with Gasteiger partial charge in [0.05, 0.1) is 18.7 Å². The van der Waals surface area contributed by atoms with Crippen LogP contribution in [0.25, 0.3) is 5.76 Å². The lowest BCUT2D eigenvalue weighted by Gasteiger charge is -2.27. The molecule has 1 amide bonds. The molecule has 0 spiro atoms. The number of benzene rings is 2. The summed E-state index contributed by atoms with van der Waals surface area (Å²) in [6.07, 6.45) is 0.704. The maximum atomic E-state index is 13.1. The molecule has 0 aromatic heterocycles. The van der Waals surface area contributed by atoms with E-state index in [-0.39, 0.29) is 11.3 Å². The number of hydrogen-bond acceptors (Lipinski definition) is 5. The molecule has 1 N–H and O–H groups in total. The van der Waals surface area contributed by atoms with Crippen LogP contribution in [0.2, 0.25) is 0 Å². The van der Waals surface area contributed by atoms with Crippen molar-refractivity contribution >= 4 is 17.4 Å². The molecule has 1 aliphatic heterocycles. The first kappa shape index (κ1) is 22.6. The number of amides is 1. The van der Waals surface area contributed by atoms with Gasteiger partial charge in [-0.2, -0.15) is 0 Å². The second-order valence-electron chi connectivity index (χ2n) is 8.21. The van der Waals surface area contributed by atoms with Crippen LogP contribution in [0.5, 0.6) is 5.75 Å². The summed E-state index contributed by atoms with van der Waals surface area (Å²) in [4.78, 5) is 29.8. The van der Waals surface area contributed by atoms with E-state index in [9.17, 15) is 14.7 Å². The summed E-state index contributed by atoms with van der Waals surface area (Å²) in [6, 6.07) is 12.3. The summed E-state index contributed by atoms with van der Waals surface area (Å²) >= 11 is 0. The molecule has 0 bridgehead atoms. The molecule has 164 valence electrons. The third kappa shape index (κ3) is 4.49. The van der Waals surface area contributed by atoms with Crippen molar-refractivity contribution in [2.24, 2.45) is 0 Å². The van der Waals surface area contributed by atoms with Crippen molar-refractivity contribution < 1.29 is 19.4 Å². The Balaban J connectivity index is 2.19. The number of hydrogen-bond donors (Lipinski definition) is 1. The predicted octanol–water partition coefficient (Wildman–Crippen LogP) is 3.69. The fourth-order valence-corrected chi connectivity index (χ4v) is 4.02. The van der Waals surface area contributed by atoms with Crippen molar-refractivity contribution in [2.45, 2.75) is 26.3 Å². The number of ether oxygens (including phenoxy) is 1. The number of ketones is 1. The minimum Gasteiger partial charge on any atom is -0.507 e. The van der Waals surface area contributed by atoms with Crippen LogP contribution in [-0.4, -0.2) is 60.9 Å². The molecule has 1 aliphatic rings. The van der Waals surface area contributed by atoms with Crippen molar-refractivity contribution in [3.05, 3.63) is 70.3 Å². The smallest absolute Gasteiger partial charge is 0.295 e. The van der Waals surface area contributed by atoms with Crippen molar-refractivity contribution in [3.63, 3.8) is 0 Å². The van der Waals surface area contributed by atoms with E-state index in [1.165, 1.54) is 0 Å². The summed E-state index contributed by atoms with van der Waals surface area (Å²) < 4.78 is 5.53. The van der Waals surface area contributed by atoms with Crippen LogP contribution >= 0.6 is 0 Å². The van der Waals surface area contributed by atoms with Gasteiger partial charge in [-0.05, 0) is 58.6 Å². The summed E-state index contributed by atoms with van der Waals surface area (Å²) in [5.41, 5.74) is 3.14. The average molecular weight is 423 g/mol. The molecule has 1 unspecified atom stereocenters. The molecular formula is C25H30N2O4. The van der Waals surface area contributed by atoms with Gasteiger partial charge in [0.25, 0.3) is 11.7 Å². The lowest BCUT2D eigenvalue weighted by Crippen LogP contribution is -2.32. The molecule has 1 saturated heterocycles. The average Bonchev–Trinajstić information content (AvgIpc) is 2.99. The van der Waals surface area contributed by atoms with Crippen molar-refractivity contribution in [1.82, 2.24) is 9.80 Å². The zero-order valence-electron chi connectivity index (χ0n) is 18.8. The summed E-state index contributed by atoms with van der Waals surface area (Å²) in [7, 11) is 5.49. The molecule has 3 rings (SSSR count). The standard InChI is InChI=1S/C25H30N2O4/c1-16-11-12-17(2)19(15-16)23(28)21-22(18-9-6-7-10-20(18)31-5)27(25(30)24(21)29)14-8-13-26(3)4/h6-7,9-12,15,22,28H,8,13-14H2,1-5H3/b23-21+. The van der Waals surface area contributed by atoms with Crippen LogP contribution in [-0.2, 0) is 9.59 Å². The zero-order chi connectivity index (χ0) is 22.7. The van der Waals surface area contributed by atoms with Crippen LogP contribution < -0.4 is 4.74 Å². The maximum Gasteiger partial charge on any atom is 0.295 e. The number of carbonyl (C=O) groups excluding carboxylic acids is 2. The SMILES string of the molecule is COc1ccccc1C1/C(=C(\O)c2cc(C)ccc2C)C(=O)C(=O)N1CCCN(C)C. The van der Waals surface area contributed by atoms with E-state index in [1.54, 1.807) is 18.1 Å². The molecule has 31 heavy (non-hydrogen) atoms. The van der Waals surface area contributed by atoms with E-state index in [0.717, 1.165) is 17.7 Å². The Morgan fingerprint density at radius 1 is 1.13 bits per heavy atom. The zero-order valence-corrected chi connectivity index (χ0v) is 18.8.